The van der Waals surface area contributed by atoms with Crippen LogP contribution in [0.25, 0.3) is 10.8 Å². The number of hydrogen-bond donors (Lipinski definition) is 0. The van der Waals surface area contributed by atoms with E-state index in [0.717, 1.165) is 22.2 Å². The van der Waals surface area contributed by atoms with E-state index < -0.39 is 0 Å². The highest BCUT2D eigenvalue weighted by atomic mass is 35.5. The van der Waals surface area contributed by atoms with Crippen LogP contribution in [0.3, 0.4) is 0 Å². The summed E-state index contributed by atoms with van der Waals surface area (Å²) in [4.78, 5) is 4.14. The molecule has 0 amide bonds. The summed E-state index contributed by atoms with van der Waals surface area (Å²) in [6.45, 7) is 0. The van der Waals surface area contributed by atoms with Crippen molar-refractivity contribution < 1.29 is 4.74 Å². The molecule has 0 saturated heterocycles. The van der Waals surface area contributed by atoms with Crippen LogP contribution in [0.4, 0.5) is 0 Å². The number of alkyl halides is 1. The van der Waals surface area contributed by atoms with Gasteiger partial charge in [0.1, 0.15) is 11.5 Å². The van der Waals surface area contributed by atoms with Crippen LogP contribution < -0.4 is 4.74 Å². The third kappa shape index (κ3) is 2.58. The molecular formula is C16H11Cl2NO. The molecule has 3 rings (SSSR count). The Morgan fingerprint density at radius 1 is 1.00 bits per heavy atom. The lowest BCUT2D eigenvalue weighted by Crippen LogP contribution is -1.89. The number of hydrogen-bond acceptors (Lipinski definition) is 2. The minimum absolute atomic E-state index is 0.360. The zero-order valence-electron chi connectivity index (χ0n) is 10.5. The van der Waals surface area contributed by atoms with E-state index in [0.29, 0.717) is 16.7 Å². The summed E-state index contributed by atoms with van der Waals surface area (Å²) in [5.41, 5.74) is 0.780. The van der Waals surface area contributed by atoms with E-state index in [1.165, 1.54) is 0 Å². The molecule has 0 aliphatic carbocycles. The van der Waals surface area contributed by atoms with Gasteiger partial charge in [-0.3, -0.25) is 4.98 Å². The molecule has 1 aromatic heterocycles. The maximum Gasteiger partial charge on any atom is 0.135 e. The first-order chi connectivity index (χ1) is 9.78. The number of benzene rings is 2. The Hall–Kier alpha value is -1.77. The molecule has 4 heteroatoms. The number of halogens is 2. The second kappa shape index (κ2) is 5.70. The van der Waals surface area contributed by atoms with Crippen LogP contribution in [0, 0.1) is 0 Å². The van der Waals surface area contributed by atoms with Crippen molar-refractivity contribution in [3.8, 4) is 11.5 Å². The van der Waals surface area contributed by atoms with Gasteiger partial charge in [0.15, 0.2) is 0 Å². The SMILES string of the molecule is ClCc1cc(Oc2ccc(Cl)c3ccccc23)ccn1. The molecular weight excluding hydrogens is 293 g/mol. The molecule has 0 unspecified atom stereocenters. The van der Waals surface area contributed by atoms with Crippen molar-refractivity contribution in [2.45, 2.75) is 5.88 Å². The van der Waals surface area contributed by atoms with Crippen molar-refractivity contribution in [3.63, 3.8) is 0 Å². The fraction of sp³-hybridized carbons (Fsp3) is 0.0625. The summed E-state index contributed by atoms with van der Waals surface area (Å²) in [5.74, 6) is 1.83. The predicted molar refractivity (Wildman–Crippen MR) is 82.8 cm³/mol. The Morgan fingerprint density at radius 3 is 2.60 bits per heavy atom. The van der Waals surface area contributed by atoms with Gasteiger partial charge in [-0.05, 0) is 18.2 Å². The van der Waals surface area contributed by atoms with Crippen LogP contribution in [0.2, 0.25) is 5.02 Å². The van der Waals surface area contributed by atoms with Crippen LogP contribution in [0.15, 0.2) is 54.7 Å². The number of fused-ring (bicyclic) bond motifs is 1. The fourth-order valence-electron chi connectivity index (χ4n) is 2.04. The average Bonchev–Trinajstić information content (AvgIpc) is 2.51. The Balaban J connectivity index is 2.04. The molecule has 1 heterocycles. The smallest absolute Gasteiger partial charge is 0.135 e. The second-order valence-corrected chi connectivity index (χ2v) is 4.98. The lowest BCUT2D eigenvalue weighted by molar-refractivity contribution is 0.487. The molecule has 0 radical (unpaired) electrons. The number of ether oxygens (including phenoxy) is 1. The van der Waals surface area contributed by atoms with Crippen LogP contribution in [-0.2, 0) is 5.88 Å². The summed E-state index contributed by atoms with van der Waals surface area (Å²) >= 11 is 12.0. The quantitative estimate of drug-likeness (QED) is 0.603. The molecule has 0 spiro atoms. The summed E-state index contributed by atoms with van der Waals surface area (Å²) < 4.78 is 5.93. The van der Waals surface area contributed by atoms with Crippen LogP contribution in [0.5, 0.6) is 11.5 Å². The largest absolute Gasteiger partial charge is 0.457 e. The molecule has 0 aliphatic rings. The summed E-state index contributed by atoms with van der Waals surface area (Å²) in [7, 11) is 0. The maximum atomic E-state index is 6.20. The molecule has 0 fully saturated rings. The van der Waals surface area contributed by atoms with E-state index >= 15 is 0 Å². The van der Waals surface area contributed by atoms with Gasteiger partial charge in [0.2, 0.25) is 0 Å². The zero-order chi connectivity index (χ0) is 13.9. The Bertz CT molecular complexity index is 758. The standard InChI is InChI=1S/C16H11Cl2NO/c17-10-11-9-12(7-8-19-11)20-16-6-5-15(18)13-3-1-2-4-14(13)16/h1-9H,10H2. The van der Waals surface area contributed by atoms with Gasteiger partial charge in [-0.25, -0.2) is 0 Å². The van der Waals surface area contributed by atoms with Crippen molar-refractivity contribution in [3.05, 3.63) is 65.4 Å². The topological polar surface area (TPSA) is 22.1 Å². The lowest BCUT2D eigenvalue weighted by Gasteiger charge is -2.10. The number of nitrogens with zero attached hydrogens (tertiary/aromatic N) is 1. The van der Waals surface area contributed by atoms with E-state index in [1.807, 2.05) is 42.5 Å². The molecule has 0 atom stereocenters. The molecule has 2 nitrogen and oxygen atoms in total. The highest BCUT2D eigenvalue weighted by Gasteiger charge is 2.06. The van der Waals surface area contributed by atoms with Crippen LogP contribution >= 0.6 is 23.2 Å². The van der Waals surface area contributed by atoms with Crippen molar-refractivity contribution in [1.82, 2.24) is 4.98 Å². The van der Waals surface area contributed by atoms with Gasteiger partial charge in [-0.15, -0.1) is 11.6 Å². The number of pyridine rings is 1. The van der Waals surface area contributed by atoms with Gasteiger partial charge in [0.05, 0.1) is 11.6 Å². The molecule has 20 heavy (non-hydrogen) atoms. The van der Waals surface area contributed by atoms with Crippen LogP contribution in [0.1, 0.15) is 5.69 Å². The first-order valence-electron chi connectivity index (χ1n) is 6.14. The average molecular weight is 304 g/mol. The summed E-state index contributed by atoms with van der Waals surface area (Å²) in [5, 5.41) is 2.66. The molecule has 0 saturated carbocycles. The molecule has 0 bridgehead atoms. The normalized spacial score (nSPS) is 10.7. The molecule has 3 aromatic rings. The Morgan fingerprint density at radius 2 is 1.80 bits per heavy atom. The molecule has 100 valence electrons. The molecule has 2 aromatic carbocycles. The molecule has 0 N–H and O–H groups in total. The first kappa shape index (κ1) is 13.2. The highest BCUT2D eigenvalue weighted by Crippen LogP contribution is 2.34. The maximum absolute atomic E-state index is 6.20. The van der Waals surface area contributed by atoms with Crippen molar-refractivity contribution >= 4 is 34.0 Å². The third-order valence-electron chi connectivity index (χ3n) is 2.98. The minimum atomic E-state index is 0.360. The van der Waals surface area contributed by atoms with Gasteiger partial charge in [0.25, 0.3) is 0 Å². The summed E-state index contributed by atoms with van der Waals surface area (Å²) in [6.07, 6.45) is 1.69. The van der Waals surface area contributed by atoms with Gasteiger partial charge >= 0.3 is 0 Å². The Labute approximate surface area is 126 Å². The van der Waals surface area contributed by atoms with E-state index in [9.17, 15) is 0 Å². The first-order valence-corrected chi connectivity index (χ1v) is 7.05. The highest BCUT2D eigenvalue weighted by molar-refractivity contribution is 6.35. The second-order valence-electron chi connectivity index (χ2n) is 4.31. The van der Waals surface area contributed by atoms with E-state index in [2.05, 4.69) is 4.98 Å². The zero-order valence-corrected chi connectivity index (χ0v) is 12.0. The monoisotopic (exact) mass is 303 g/mol. The Kier molecular flexibility index (Phi) is 3.77. The van der Waals surface area contributed by atoms with Crippen molar-refractivity contribution in [2.75, 3.05) is 0 Å². The predicted octanol–water partition coefficient (Wildman–Crippen LogP) is 5.42. The van der Waals surface area contributed by atoms with E-state index in [1.54, 1.807) is 12.3 Å². The molecule has 0 aliphatic heterocycles. The van der Waals surface area contributed by atoms with E-state index in [4.69, 9.17) is 27.9 Å². The van der Waals surface area contributed by atoms with E-state index in [-0.39, 0.29) is 0 Å². The number of aromatic nitrogens is 1. The fourth-order valence-corrected chi connectivity index (χ4v) is 2.42. The van der Waals surface area contributed by atoms with Crippen molar-refractivity contribution in [1.29, 1.82) is 0 Å². The summed E-state index contributed by atoms with van der Waals surface area (Å²) in [6, 6.07) is 15.2. The minimum Gasteiger partial charge on any atom is -0.457 e. The van der Waals surface area contributed by atoms with Gasteiger partial charge in [-0.1, -0.05) is 35.9 Å². The van der Waals surface area contributed by atoms with Crippen molar-refractivity contribution in [2.24, 2.45) is 0 Å². The van der Waals surface area contributed by atoms with Gasteiger partial charge in [0, 0.05) is 28.1 Å². The third-order valence-corrected chi connectivity index (χ3v) is 3.59. The van der Waals surface area contributed by atoms with Gasteiger partial charge in [-0.2, -0.15) is 0 Å². The number of rotatable bonds is 3. The van der Waals surface area contributed by atoms with Gasteiger partial charge < -0.3 is 4.74 Å². The van der Waals surface area contributed by atoms with Crippen LogP contribution in [-0.4, -0.2) is 4.98 Å². The lowest BCUT2D eigenvalue weighted by atomic mass is 10.1.